The van der Waals surface area contributed by atoms with Gasteiger partial charge in [0.2, 0.25) is 10.0 Å². The van der Waals surface area contributed by atoms with Gasteiger partial charge in [-0.25, -0.2) is 8.42 Å². The maximum Gasteiger partial charge on any atom is 0.270 e. The average Bonchev–Trinajstić information content (AvgIpc) is 3.26. The van der Waals surface area contributed by atoms with Crippen LogP contribution in [-0.4, -0.2) is 76.3 Å². The van der Waals surface area contributed by atoms with Crippen LogP contribution in [0.2, 0.25) is 0 Å². The van der Waals surface area contributed by atoms with E-state index in [0.717, 1.165) is 50.9 Å². The number of piperidine rings is 1. The third-order valence-corrected chi connectivity index (χ3v) is 9.68. The number of morpholine rings is 1. The SMILES string of the molecule is O=[N+]([O-])c1ccc(N2CCCCCC2)c(C=Nc2ccc(N3CCOCC3)c(S(=O)(=O)N3CCCCC3)c2)c1. The van der Waals surface area contributed by atoms with Gasteiger partial charge in [-0.3, -0.25) is 15.1 Å². The van der Waals surface area contributed by atoms with Crippen LogP contribution in [0.15, 0.2) is 46.3 Å². The molecule has 11 heteroatoms. The number of ether oxygens (including phenoxy) is 1. The van der Waals surface area contributed by atoms with Crippen LogP contribution in [-0.2, 0) is 14.8 Å². The van der Waals surface area contributed by atoms with Gasteiger partial charge in [-0.2, -0.15) is 4.31 Å². The second-order valence-electron chi connectivity index (χ2n) is 10.4. The highest BCUT2D eigenvalue weighted by molar-refractivity contribution is 7.89. The summed E-state index contributed by atoms with van der Waals surface area (Å²) < 4.78 is 34.7. The van der Waals surface area contributed by atoms with Crippen LogP contribution in [0.5, 0.6) is 0 Å². The monoisotopic (exact) mass is 555 g/mol. The van der Waals surface area contributed by atoms with Gasteiger partial charge in [0.05, 0.1) is 29.5 Å². The normalized spacial score (nSPS) is 19.8. The first-order valence-electron chi connectivity index (χ1n) is 14.0. The Balaban J connectivity index is 1.52. The fourth-order valence-electron chi connectivity index (χ4n) is 5.60. The molecule has 0 atom stereocenters. The van der Waals surface area contributed by atoms with Crippen molar-refractivity contribution in [2.75, 3.05) is 62.3 Å². The molecule has 0 radical (unpaired) electrons. The van der Waals surface area contributed by atoms with Gasteiger partial charge in [0, 0.05) is 68.9 Å². The molecule has 3 aliphatic heterocycles. The van der Waals surface area contributed by atoms with Gasteiger partial charge >= 0.3 is 0 Å². The molecule has 3 heterocycles. The lowest BCUT2D eigenvalue weighted by atomic mass is 10.1. The van der Waals surface area contributed by atoms with E-state index in [2.05, 4.69) is 14.8 Å². The van der Waals surface area contributed by atoms with Gasteiger partial charge in [-0.05, 0) is 49.9 Å². The number of benzene rings is 2. The van der Waals surface area contributed by atoms with E-state index in [0.29, 0.717) is 56.3 Å². The first-order chi connectivity index (χ1) is 18.9. The third-order valence-electron chi connectivity index (χ3n) is 7.75. The quantitative estimate of drug-likeness (QED) is 0.276. The Kier molecular flexibility index (Phi) is 8.79. The molecule has 0 unspecified atom stereocenters. The number of nitro groups is 1. The summed E-state index contributed by atoms with van der Waals surface area (Å²) in [7, 11) is -3.72. The van der Waals surface area contributed by atoms with Crippen molar-refractivity contribution >= 4 is 39.0 Å². The fourth-order valence-corrected chi connectivity index (χ4v) is 7.35. The highest BCUT2D eigenvalue weighted by atomic mass is 32.2. The first kappa shape index (κ1) is 27.5. The minimum absolute atomic E-state index is 0.00560. The lowest BCUT2D eigenvalue weighted by Crippen LogP contribution is -2.39. The van der Waals surface area contributed by atoms with Crippen molar-refractivity contribution in [2.24, 2.45) is 4.99 Å². The molecule has 0 aromatic heterocycles. The lowest BCUT2D eigenvalue weighted by molar-refractivity contribution is -0.384. The Morgan fingerprint density at radius 3 is 2.10 bits per heavy atom. The Labute approximate surface area is 230 Å². The number of nitro benzene ring substituents is 1. The molecule has 3 aliphatic rings. The van der Waals surface area contributed by atoms with Crippen molar-refractivity contribution < 1.29 is 18.1 Å². The average molecular weight is 556 g/mol. The Hall–Kier alpha value is -3.02. The van der Waals surface area contributed by atoms with E-state index in [9.17, 15) is 18.5 Å². The van der Waals surface area contributed by atoms with Gasteiger partial charge in [-0.1, -0.05) is 19.3 Å². The zero-order chi connectivity index (χ0) is 27.2. The van der Waals surface area contributed by atoms with Crippen LogP contribution >= 0.6 is 0 Å². The van der Waals surface area contributed by atoms with Gasteiger partial charge in [0.15, 0.2) is 0 Å². The van der Waals surface area contributed by atoms with E-state index >= 15 is 0 Å². The summed E-state index contributed by atoms with van der Waals surface area (Å²) in [6.07, 6.45) is 8.89. The van der Waals surface area contributed by atoms with E-state index in [1.54, 1.807) is 28.7 Å². The van der Waals surface area contributed by atoms with Crippen molar-refractivity contribution in [3.05, 3.63) is 52.1 Å². The summed E-state index contributed by atoms with van der Waals surface area (Å²) in [4.78, 5) is 20.4. The predicted octanol–water partition coefficient (Wildman–Crippen LogP) is 4.74. The van der Waals surface area contributed by atoms with Gasteiger partial charge in [0.25, 0.3) is 5.69 Å². The van der Waals surface area contributed by atoms with E-state index < -0.39 is 14.9 Å². The smallest absolute Gasteiger partial charge is 0.270 e. The van der Waals surface area contributed by atoms with Crippen LogP contribution in [0.3, 0.4) is 0 Å². The Morgan fingerprint density at radius 2 is 1.41 bits per heavy atom. The van der Waals surface area contributed by atoms with E-state index in [1.165, 1.54) is 18.9 Å². The summed E-state index contributed by atoms with van der Waals surface area (Å²) in [5.41, 5.74) is 2.74. The number of nitrogens with zero attached hydrogens (tertiary/aromatic N) is 5. The summed E-state index contributed by atoms with van der Waals surface area (Å²) in [5.74, 6) is 0. The van der Waals surface area contributed by atoms with Crippen LogP contribution in [0, 0.1) is 10.1 Å². The maximum atomic E-state index is 13.8. The van der Waals surface area contributed by atoms with Crippen molar-refractivity contribution in [3.63, 3.8) is 0 Å². The topological polar surface area (TPSA) is 109 Å². The van der Waals surface area contributed by atoms with Crippen molar-refractivity contribution in [1.82, 2.24) is 4.31 Å². The van der Waals surface area contributed by atoms with Crippen LogP contribution in [0.1, 0.15) is 50.5 Å². The molecular formula is C28H37N5O5S. The lowest BCUT2D eigenvalue weighted by Gasteiger charge is -2.32. The van der Waals surface area contributed by atoms with E-state index in [1.807, 2.05) is 12.1 Å². The highest BCUT2D eigenvalue weighted by Gasteiger charge is 2.30. The van der Waals surface area contributed by atoms with E-state index in [4.69, 9.17) is 4.74 Å². The van der Waals surface area contributed by atoms with Gasteiger partial charge in [0.1, 0.15) is 4.90 Å². The molecule has 210 valence electrons. The second kappa shape index (κ2) is 12.4. The molecule has 3 saturated heterocycles. The zero-order valence-electron chi connectivity index (χ0n) is 22.3. The van der Waals surface area contributed by atoms with Crippen LogP contribution in [0.4, 0.5) is 22.7 Å². The van der Waals surface area contributed by atoms with Crippen molar-refractivity contribution in [3.8, 4) is 0 Å². The number of hydrogen-bond donors (Lipinski definition) is 0. The minimum atomic E-state index is -3.72. The molecule has 0 saturated carbocycles. The first-order valence-corrected chi connectivity index (χ1v) is 15.4. The highest BCUT2D eigenvalue weighted by Crippen LogP contribution is 2.34. The van der Waals surface area contributed by atoms with Crippen molar-refractivity contribution in [1.29, 1.82) is 0 Å². The number of anilines is 2. The molecule has 3 fully saturated rings. The molecule has 10 nitrogen and oxygen atoms in total. The maximum absolute atomic E-state index is 13.8. The second-order valence-corrected chi connectivity index (χ2v) is 12.3. The van der Waals surface area contributed by atoms with Crippen molar-refractivity contribution in [2.45, 2.75) is 49.8 Å². The molecule has 0 spiro atoms. The minimum Gasteiger partial charge on any atom is -0.378 e. The van der Waals surface area contributed by atoms with Gasteiger partial charge < -0.3 is 14.5 Å². The van der Waals surface area contributed by atoms with Gasteiger partial charge in [-0.15, -0.1) is 0 Å². The number of sulfonamides is 1. The number of aliphatic imine (C=N–C) groups is 1. The molecule has 0 bridgehead atoms. The molecule has 2 aromatic rings. The summed E-state index contributed by atoms with van der Waals surface area (Å²) >= 11 is 0. The largest absolute Gasteiger partial charge is 0.378 e. The molecule has 0 amide bonds. The summed E-state index contributed by atoms with van der Waals surface area (Å²) in [5, 5.41) is 11.5. The Bertz CT molecular complexity index is 1300. The molecule has 39 heavy (non-hydrogen) atoms. The van der Waals surface area contributed by atoms with Crippen LogP contribution < -0.4 is 9.80 Å². The summed E-state index contributed by atoms with van der Waals surface area (Å²) in [6, 6.07) is 10.2. The number of non-ortho nitro benzene ring substituents is 1. The summed E-state index contributed by atoms with van der Waals surface area (Å²) in [6.45, 7) is 5.17. The third kappa shape index (κ3) is 6.42. The Morgan fingerprint density at radius 1 is 0.795 bits per heavy atom. The molecule has 0 N–H and O–H groups in total. The number of hydrogen-bond acceptors (Lipinski definition) is 8. The molecule has 0 aliphatic carbocycles. The predicted molar refractivity (Wildman–Crippen MR) is 153 cm³/mol. The molecule has 2 aromatic carbocycles. The standard InChI is InChI=1S/C28H37N5O5S/c34-33(35)25-9-11-26(30-12-4-1-2-5-13-30)23(20-25)22-29-24-8-10-27(31-16-18-38-19-17-31)28(21-24)39(36,37)32-14-6-3-7-15-32/h8-11,20-22H,1-7,12-19H2. The molecular weight excluding hydrogens is 518 g/mol. The zero-order valence-corrected chi connectivity index (χ0v) is 23.2. The number of rotatable bonds is 7. The van der Waals surface area contributed by atoms with E-state index in [-0.39, 0.29) is 10.6 Å². The fraction of sp³-hybridized carbons (Fsp3) is 0.536. The molecule has 5 rings (SSSR count). The van der Waals surface area contributed by atoms with Crippen LogP contribution in [0.25, 0.3) is 0 Å².